The van der Waals surface area contributed by atoms with E-state index in [1.54, 1.807) is 24.3 Å². The number of halogens is 3. The summed E-state index contributed by atoms with van der Waals surface area (Å²) in [5.41, 5.74) is 0.840. The molecule has 0 radical (unpaired) electrons. The highest BCUT2D eigenvalue weighted by Gasteiger charge is 2.30. The van der Waals surface area contributed by atoms with Gasteiger partial charge in [0, 0.05) is 18.1 Å². The summed E-state index contributed by atoms with van der Waals surface area (Å²) < 4.78 is 43.6. The number of esters is 1. The summed E-state index contributed by atoms with van der Waals surface area (Å²) in [6.07, 6.45) is -4.44. The zero-order valence-electron chi connectivity index (χ0n) is 16.0. The molecule has 6 nitrogen and oxygen atoms in total. The number of ether oxygens (including phenoxy) is 1. The number of hydrogen-bond acceptors (Lipinski definition) is 6. The maximum absolute atomic E-state index is 12.8. The quantitative estimate of drug-likeness (QED) is 0.305. The molecule has 0 aliphatic carbocycles. The van der Waals surface area contributed by atoms with E-state index >= 15 is 0 Å². The topological polar surface area (TPSA) is 69.5 Å². The number of oxime groups is 2. The van der Waals surface area contributed by atoms with Crippen molar-refractivity contribution in [1.82, 2.24) is 0 Å². The molecule has 2 rings (SSSR count). The van der Waals surface area contributed by atoms with Crippen LogP contribution in [0.3, 0.4) is 0 Å². The summed E-state index contributed by atoms with van der Waals surface area (Å²) in [5.74, 6) is -0.618. The standard InChI is InChI=1S/C20H19F3N2O4/c1-13(15-8-6-9-17(11-15)20(21,22)23)24-28-12-16-7-4-5-10-18(16)19(25-27-3)29-14(2)26/h4-11H,12H2,1-3H3/b24-13-,25-19-. The average molecular weight is 408 g/mol. The van der Waals surface area contributed by atoms with Crippen molar-refractivity contribution in [2.24, 2.45) is 10.3 Å². The smallest absolute Gasteiger partial charge is 0.404 e. The first-order chi connectivity index (χ1) is 13.7. The predicted molar refractivity (Wildman–Crippen MR) is 100 cm³/mol. The van der Waals surface area contributed by atoms with Crippen LogP contribution in [-0.4, -0.2) is 24.7 Å². The molecule has 9 heteroatoms. The van der Waals surface area contributed by atoms with Gasteiger partial charge in [-0.15, -0.1) is 0 Å². The number of benzene rings is 2. The Balaban J connectivity index is 2.18. The molecule has 0 N–H and O–H groups in total. The van der Waals surface area contributed by atoms with Gasteiger partial charge in [0.1, 0.15) is 13.7 Å². The van der Waals surface area contributed by atoms with Crippen molar-refractivity contribution in [2.75, 3.05) is 7.11 Å². The van der Waals surface area contributed by atoms with Crippen LogP contribution in [0.5, 0.6) is 0 Å². The molecule has 0 bridgehead atoms. The molecule has 154 valence electrons. The Morgan fingerprint density at radius 2 is 1.76 bits per heavy atom. The molecule has 2 aromatic carbocycles. The minimum atomic E-state index is -4.44. The molecule has 29 heavy (non-hydrogen) atoms. The van der Waals surface area contributed by atoms with Gasteiger partial charge < -0.3 is 14.4 Å². The lowest BCUT2D eigenvalue weighted by atomic mass is 10.1. The highest BCUT2D eigenvalue weighted by molar-refractivity contribution is 6.01. The molecule has 0 aliphatic rings. The summed E-state index contributed by atoms with van der Waals surface area (Å²) in [6, 6.07) is 11.6. The number of hydrogen-bond donors (Lipinski definition) is 0. The van der Waals surface area contributed by atoms with Crippen LogP contribution in [-0.2, 0) is 32.0 Å². The molecule has 0 fully saturated rings. The van der Waals surface area contributed by atoms with Crippen LogP contribution < -0.4 is 0 Å². The highest BCUT2D eigenvalue weighted by atomic mass is 19.4. The van der Waals surface area contributed by atoms with Crippen LogP contribution in [0.2, 0.25) is 0 Å². The van der Waals surface area contributed by atoms with Crippen LogP contribution in [0, 0.1) is 0 Å². The SMILES string of the molecule is CO/N=C(\OC(C)=O)c1ccccc1CO/N=C(/C)c1cccc(C(F)(F)F)c1. The second-order valence-corrected chi connectivity index (χ2v) is 5.86. The summed E-state index contributed by atoms with van der Waals surface area (Å²) >= 11 is 0. The van der Waals surface area contributed by atoms with Crippen molar-refractivity contribution >= 4 is 17.6 Å². The van der Waals surface area contributed by atoms with Gasteiger partial charge in [-0.3, -0.25) is 4.79 Å². The van der Waals surface area contributed by atoms with Crippen molar-refractivity contribution in [3.8, 4) is 0 Å². The minimum Gasteiger partial charge on any atom is -0.404 e. The third-order valence-electron chi connectivity index (χ3n) is 3.69. The number of nitrogens with zero attached hydrogens (tertiary/aromatic N) is 2. The van der Waals surface area contributed by atoms with Crippen molar-refractivity contribution in [3.05, 3.63) is 70.8 Å². The van der Waals surface area contributed by atoms with Gasteiger partial charge >= 0.3 is 12.1 Å². The maximum atomic E-state index is 12.8. The monoisotopic (exact) mass is 408 g/mol. The van der Waals surface area contributed by atoms with Gasteiger partial charge in [-0.2, -0.15) is 13.2 Å². The highest BCUT2D eigenvalue weighted by Crippen LogP contribution is 2.29. The third kappa shape index (κ3) is 6.34. The summed E-state index contributed by atoms with van der Waals surface area (Å²) in [7, 11) is 1.31. The van der Waals surface area contributed by atoms with Gasteiger partial charge in [0.15, 0.2) is 0 Å². The average Bonchev–Trinajstić information content (AvgIpc) is 2.67. The lowest BCUT2D eigenvalue weighted by molar-refractivity contribution is -0.137. The van der Waals surface area contributed by atoms with Crippen LogP contribution in [0.4, 0.5) is 13.2 Å². The third-order valence-corrected chi connectivity index (χ3v) is 3.69. The van der Waals surface area contributed by atoms with E-state index in [1.807, 2.05) is 0 Å². The minimum absolute atomic E-state index is 0.0313. The van der Waals surface area contributed by atoms with Crippen LogP contribution in [0.15, 0.2) is 58.8 Å². The van der Waals surface area contributed by atoms with Crippen molar-refractivity contribution in [1.29, 1.82) is 0 Å². The van der Waals surface area contributed by atoms with Gasteiger partial charge in [-0.25, -0.2) is 0 Å². The second kappa shape index (κ2) is 9.72. The van der Waals surface area contributed by atoms with Gasteiger partial charge in [-0.05, 0) is 35.8 Å². The zero-order chi connectivity index (χ0) is 21.4. The number of carbonyl (C=O) groups is 1. The molecule has 2 aromatic rings. The Kier molecular flexibility index (Phi) is 7.35. The second-order valence-electron chi connectivity index (χ2n) is 5.86. The van der Waals surface area contributed by atoms with Crippen molar-refractivity contribution in [2.45, 2.75) is 26.6 Å². The largest absolute Gasteiger partial charge is 0.416 e. The van der Waals surface area contributed by atoms with E-state index in [-0.39, 0.29) is 23.8 Å². The van der Waals surface area contributed by atoms with Crippen molar-refractivity contribution in [3.63, 3.8) is 0 Å². The summed E-state index contributed by atoms with van der Waals surface area (Å²) in [5, 5.41) is 7.59. The lowest BCUT2D eigenvalue weighted by Crippen LogP contribution is -2.14. The van der Waals surface area contributed by atoms with E-state index in [9.17, 15) is 18.0 Å². The fraction of sp³-hybridized carbons (Fsp3) is 0.250. The number of carbonyl (C=O) groups excluding carboxylic acids is 1. The van der Waals surface area contributed by atoms with E-state index < -0.39 is 17.7 Å². The molecular formula is C20H19F3N2O4. The van der Waals surface area contributed by atoms with Crippen LogP contribution in [0.1, 0.15) is 36.1 Å². The molecule has 0 heterocycles. The van der Waals surface area contributed by atoms with Gasteiger partial charge in [0.2, 0.25) is 0 Å². The molecule has 0 amide bonds. The van der Waals surface area contributed by atoms with Gasteiger partial charge in [-0.1, -0.05) is 35.5 Å². The van der Waals surface area contributed by atoms with Gasteiger partial charge in [0.25, 0.3) is 5.90 Å². The van der Waals surface area contributed by atoms with Crippen LogP contribution in [0.25, 0.3) is 0 Å². The predicted octanol–water partition coefficient (Wildman–Crippen LogP) is 4.52. The molecule has 0 unspecified atom stereocenters. The molecule has 0 saturated heterocycles. The molecule has 0 spiro atoms. The molecular weight excluding hydrogens is 389 g/mol. The van der Waals surface area contributed by atoms with E-state index in [1.165, 1.54) is 33.1 Å². The van der Waals surface area contributed by atoms with E-state index in [2.05, 4.69) is 10.3 Å². The Hall–Kier alpha value is -3.36. The first kappa shape index (κ1) is 21.9. The molecule has 0 saturated carbocycles. The number of rotatable bonds is 6. The van der Waals surface area contributed by atoms with E-state index in [4.69, 9.17) is 14.4 Å². The Bertz CT molecular complexity index is 924. The van der Waals surface area contributed by atoms with Gasteiger partial charge in [0.05, 0.1) is 11.3 Å². The van der Waals surface area contributed by atoms with E-state index in [0.29, 0.717) is 11.1 Å². The molecule has 0 aliphatic heterocycles. The molecule has 0 aromatic heterocycles. The normalized spacial score (nSPS) is 12.5. The first-order valence-electron chi connectivity index (χ1n) is 8.44. The summed E-state index contributed by atoms with van der Waals surface area (Å²) in [6.45, 7) is 2.74. The first-order valence-corrected chi connectivity index (χ1v) is 8.44. The fourth-order valence-corrected chi connectivity index (χ4v) is 2.37. The Labute approximate surface area is 165 Å². The molecule has 0 atom stereocenters. The van der Waals surface area contributed by atoms with Crippen molar-refractivity contribution < 1.29 is 32.4 Å². The van der Waals surface area contributed by atoms with E-state index in [0.717, 1.165) is 12.1 Å². The lowest BCUT2D eigenvalue weighted by Gasteiger charge is -2.11. The zero-order valence-corrected chi connectivity index (χ0v) is 16.0. The van der Waals surface area contributed by atoms with Crippen LogP contribution >= 0.6 is 0 Å². The summed E-state index contributed by atoms with van der Waals surface area (Å²) in [4.78, 5) is 21.3. The fourth-order valence-electron chi connectivity index (χ4n) is 2.37. The Morgan fingerprint density at radius 1 is 1.03 bits per heavy atom. The Morgan fingerprint density at radius 3 is 2.41 bits per heavy atom. The number of alkyl halides is 3. The maximum Gasteiger partial charge on any atom is 0.416 e.